The summed E-state index contributed by atoms with van der Waals surface area (Å²) < 4.78 is 30.5. The number of rotatable bonds is 12. The first-order chi connectivity index (χ1) is 22.3. The zero-order valence-corrected chi connectivity index (χ0v) is 25.3. The largest absolute Gasteiger partial charge is 0.493 e. The minimum atomic E-state index is -2.47. The SMILES string of the molecule is COc1cc(C(=O)O[C@H](C(=O)NNC(=O)c2ccccc2)[C@@H](OC(=O)c2ccc(OC(C)=O)c(OC)c2)C(=O)O)ccc1OC(C)=O. The molecule has 3 N–H and O–H groups in total. The van der Waals surface area contributed by atoms with Crippen molar-refractivity contribution in [3.63, 3.8) is 0 Å². The van der Waals surface area contributed by atoms with Gasteiger partial charge in [0.05, 0.1) is 25.3 Å². The van der Waals surface area contributed by atoms with E-state index in [2.05, 4.69) is 5.43 Å². The molecule has 3 aromatic carbocycles. The van der Waals surface area contributed by atoms with E-state index in [9.17, 15) is 38.7 Å². The van der Waals surface area contributed by atoms with Crippen molar-refractivity contribution in [2.75, 3.05) is 14.2 Å². The Bertz CT molecular complexity index is 1690. The van der Waals surface area contributed by atoms with E-state index in [1.807, 2.05) is 5.43 Å². The van der Waals surface area contributed by atoms with Gasteiger partial charge in [-0.1, -0.05) is 18.2 Å². The first kappa shape index (κ1) is 35.0. The molecule has 2 amide bonds. The summed E-state index contributed by atoms with van der Waals surface area (Å²) in [5, 5.41) is 9.99. The molecule has 246 valence electrons. The summed E-state index contributed by atoms with van der Waals surface area (Å²) in [6, 6.07) is 14.4. The molecule has 3 rings (SSSR count). The third-order valence-electron chi connectivity index (χ3n) is 5.89. The van der Waals surface area contributed by atoms with Crippen molar-refractivity contribution < 1.29 is 67.1 Å². The molecule has 0 spiro atoms. The van der Waals surface area contributed by atoms with Gasteiger partial charge in [-0.05, 0) is 48.5 Å². The van der Waals surface area contributed by atoms with Crippen LogP contribution >= 0.6 is 0 Å². The van der Waals surface area contributed by atoms with Crippen molar-refractivity contribution >= 4 is 41.7 Å². The van der Waals surface area contributed by atoms with Crippen LogP contribution in [0.5, 0.6) is 23.0 Å². The predicted octanol–water partition coefficient (Wildman–Crippen LogP) is 1.85. The van der Waals surface area contributed by atoms with Gasteiger partial charge in [0, 0.05) is 19.4 Å². The van der Waals surface area contributed by atoms with Crippen molar-refractivity contribution in [1.29, 1.82) is 0 Å². The summed E-state index contributed by atoms with van der Waals surface area (Å²) in [7, 11) is 2.44. The summed E-state index contributed by atoms with van der Waals surface area (Å²) >= 11 is 0. The van der Waals surface area contributed by atoms with E-state index in [4.69, 9.17) is 28.4 Å². The third kappa shape index (κ3) is 9.52. The molecule has 0 bridgehead atoms. The number of amides is 2. The Kier molecular flexibility index (Phi) is 11.9. The van der Waals surface area contributed by atoms with Crippen LogP contribution in [0.15, 0.2) is 66.7 Å². The van der Waals surface area contributed by atoms with Gasteiger partial charge in [0.25, 0.3) is 11.8 Å². The summed E-state index contributed by atoms with van der Waals surface area (Å²) in [4.78, 5) is 87.0. The number of carboxylic acid groups (broad SMARTS) is 1. The third-order valence-corrected chi connectivity index (χ3v) is 5.89. The lowest BCUT2D eigenvalue weighted by Crippen LogP contribution is -2.54. The van der Waals surface area contributed by atoms with Gasteiger partial charge in [0.2, 0.25) is 12.2 Å². The second kappa shape index (κ2) is 16.0. The normalized spacial score (nSPS) is 11.5. The van der Waals surface area contributed by atoms with E-state index in [-0.39, 0.29) is 39.7 Å². The first-order valence-electron chi connectivity index (χ1n) is 13.4. The monoisotopic (exact) mass is 652 g/mol. The average molecular weight is 653 g/mol. The molecule has 16 nitrogen and oxygen atoms in total. The molecule has 47 heavy (non-hydrogen) atoms. The second-order valence-corrected chi connectivity index (χ2v) is 9.22. The second-order valence-electron chi connectivity index (χ2n) is 9.22. The van der Waals surface area contributed by atoms with E-state index in [0.717, 1.165) is 38.1 Å². The molecule has 0 aliphatic rings. The van der Waals surface area contributed by atoms with Gasteiger partial charge in [-0.25, -0.2) is 14.4 Å². The fraction of sp³-hybridized carbons (Fsp3) is 0.194. The number of carbonyl (C=O) groups excluding carboxylic acids is 6. The topological polar surface area (TPSA) is 219 Å². The predicted molar refractivity (Wildman–Crippen MR) is 157 cm³/mol. The number of carboxylic acids is 1. The van der Waals surface area contributed by atoms with Crippen LogP contribution in [0.3, 0.4) is 0 Å². The van der Waals surface area contributed by atoms with Gasteiger partial charge in [-0.2, -0.15) is 0 Å². The van der Waals surface area contributed by atoms with Crippen molar-refractivity contribution in [3.05, 3.63) is 83.4 Å². The molecule has 16 heteroatoms. The van der Waals surface area contributed by atoms with Gasteiger partial charge in [-0.3, -0.25) is 30.0 Å². The molecule has 0 aliphatic carbocycles. The van der Waals surface area contributed by atoms with Crippen LogP contribution in [-0.2, 0) is 28.7 Å². The van der Waals surface area contributed by atoms with Crippen molar-refractivity contribution in [3.8, 4) is 23.0 Å². The molecule has 0 aliphatic heterocycles. The van der Waals surface area contributed by atoms with Crippen LogP contribution in [-0.4, -0.2) is 73.2 Å². The number of esters is 4. The number of ether oxygens (including phenoxy) is 6. The highest BCUT2D eigenvalue weighted by molar-refractivity contribution is 5.99. The average Bonchev–Trinajstić information content (AvgIpc) is 3.04. The zero-order valence-electron chi connectivity index (χ0n) is 25.3. The van der Waals surface area contributed by atoms with Crippen molar-refractivity contribution in [2.24, 2.45) is 0 Å². The minimum absolute atomic E-state index is 0.0537. The van der Waals surface area contributed by atoms with Crippen molar-refractivity contribution in [1.82, 2.24) is 10.9 Å². The maximum Gasteiger partial charge on any atom is 0.349 e. The lowest BCUT2D eigenvalue weighted by Gasteiger charge is -2.24. The highest BCUT2D eigenvalue weighted by atomic mass is 16.6. The Labute approximate surface area is 266 Å². The molecule has 0 saturated heterocycles. The molecule has 3 aromatic rings. The lowest BCUT2D eigenvalue weighted by atomic mass is 10.1. The van der Waals surface area contributed by atoms with Crippen molar-refractivity contribution in [2.45, 2.75) is 26.1 Å². The summed E-state index contributed by atoms with van der Waals surface area (Å²) in [5.41, 5.74) is 3.56. The Morgan fingerprint density at radius 2 is 1.06 bits per heavy atom. The molecule has 0 saturated carbocycles. The summed E-state index contributed by atoms with van der Waals surface area (Å²) in [5.74, 6) is -8.35. The smallest absolute Gasteiger partial charge is 0.349 e. The van der Waals surface area contributed by atoms with Crippen LogP contribution in [0.1, 0.15) is 44.9 Å². The number of aliphatic carboxylic acids is 1. The number of hydrazine groups is 1. The standard InChI is InChI=1S/C31H28N2O14/c1-16(34)44-21-12-10-19(14-23(21)42-3)30(40)46-25(28(37)33-32-27(36)18-8-6-5-7-9-18)26(29(38)39)47-31(41)20-11-13-22(45-17(2)35)24(15-20)43-4/h5-15,25-26H,1-4H3,(H,32,36)(H,33,37)(H,38,39)/t25-,26+/m0/s1. The number of hydrogen-bond acceptors (Lipinski definition) is 13. The fourth-order valence-electron chi connectivity index (χ4n) is 3.78. The number of hydrogen-bond donors (Lipinski definition) is 3. The maximum absolute atomic E-state index is 13.2. The molecule has 0 heterocycles. The van der Waals surface area contributed by atoms with Crippen LogP contribution in [0, 0.1) is 0 Å². The fourth-order valence-corrected chi connectivity index (χ4v) is 3.78. The van der Waals surface area contributed by atoms with Crippen LogP contribution in [0.25, 0.3) is 0 Å². The zero-order chi connectivity index (χ0) is 34.7. The van der Waals surface area contributed by atoms with Gasteiger partial charge in [-0.15, -0.1) is 0 Å². The number of methoxy groups -OCH3 is 2. The molecule has 2 atom stereocenters. The van der Waals surface area contributed by atoms with E-state index < -0.39 is 53.9 Å². The van der Waals surface area contributed by atoms with Gasteiger partial charge in [0.15, 0.2) is 23.0 Å². The molecular weight excluding hydrogens is 624 g/mol. The van der Waals surface area contributed by atoms with E-state index in [1.165, 1.54) is 38.5 Å². The molecule has 0 aromatic heterocycles. The van der Waals surface area contributed by atoms with E-state index >= 15 is 0 Å². The Balaban J connectivity index is 1.93. The number of benzene rings is 3. The van der Waals surface area contributed by atoms with E-state index in [0.29, 0.717) is 0 Å². The lowest BCUT2D eigenvalue weighted by molar-refractivity contribution is -0.159. The number of nitrogens with one attached hydrogen (secondary N) is 2. The Morgan fingerprint density at radius 1 is 0.596 bits per heavy atom. The van der Waals surface area contributed by atoms with Crippen LogP contribution in [0.4, 0.5) is 0 Å². The summed E-state index contributed by atoms with van der Waals surface area (Å²) in [6.45, 7) is 2.28. The Morgan fingerprint density at radius 3 is 1.49 bits per heavy atom. The molecule has 0 radical (unpaired) electrons. The minimum Gasteiger partial charge on any atom is -0.493 e. The van der Waals surface area contributed by atoms with Gasteiger partial charge >= 0.3 is 29.8 Å². The van der Waals surface area contributed by atoms with Crippen LogP contribution in [0.2, 0.25) is 0 Å². The molecule has 0 unspecified atom stereocenters. The Hall–Kier alpha value is -6.45. The molecule has 0 fully saturated rings. The summed E-state index contributed by atoms with van der Waals surface area (Å²) in [6.07, 6.45) is -4.86. The highest BCUT2D eigenvalue weighted by Crippen LogP contribution is 2.30. The highest BCUT2D eigenvalue weighted by Gasteiger charge is 2.41. The van der Waals surface area contributed by atoms with E-state index in [1.54, 1.807) is 18.2 Å². The van der Waals surface area contributed by atoms with Gasteiger partial charge < -0.3 is 33.5 Å². The van der Waals surface area contributed by atoms with Crippen LogP contribution < -0.4 is 29.8 Å². The first-order valence-corrected chi connectivity index (χ1v) is 13.4. The molecular formula is C31H28N2O14. The maximum atomic E-state index is 13.2. The quantitative estimate of drug-likeness (QED) is 0.144. The number of carbonyl (C=O) groups is 7. The van der Waals surface area contributed by atoms with Gasteiger partial charge in [0.1, 0.15) is 0 Å².